The van der Waals surface area contributed by atoms with Crippen molar-refractivity contribution in [3.05, 3.63) is 59.7 Å². The van der Waals surface area contributed by atoms with E-state index in [1.807, 2.05) is 11.0 Å². The van der Waals surface area contributed by atoms with Crippen LogP contribution in [0.1, 0.15) is 10.4 Å². The van der Waals surface area contributed by atoms with Crippen LogP contribution < -0.4 is 4.90 Å². The van der Waals surface area contributed by atoms with E-state index in [9.17, 15) is 13.6 Å². The van der Waals surface area contributed by atoms with Crippen molar-refractivity contribution in [2.45, 2.75) is 0 Å². The highest BCUT2D eigenvalue weighted by Crippen LogP contribution is 2.30. The summed E-state index contributed by atoms with van der Waals surface area (Å²) in [6, 6.07) is 10.9. The van der Waals surface area contributed by atoms with Crippen LogP contribution >= 0.6 is 11.3 Å². The topological polar surface area (TPSA) is 36.4 Å². The molecular weight excluding hydrogens is 344 g/mol. The molecule has 1 aliphatic heterocycles. The van der Waals surface area contributed by atoms with Crippen molar-refractivity contribution in [1.29, 1.82) is 0 Å². The predicted molar refractivity (Wildman–Crippen MR) is 94.1 cm³/mol. The van der Waals surface area contributed by atoms with Crippen molar-refractivity contribution >= 4 is 32.6 Å². The maximum absolute atomic E-state index is 13.8. The number of fused-ring (bicyclic) bond motifs is 1. The molecule has 0 radical (unpaired) electrons. The van der Waals surface area contributed by atoms with Crippen LogP contribution in [0, 0.1) is 11.6 Å². The summed E-state index contributed by atoms with van der Waals surface area (Å²) in [5, 5.41) is 0.748. The first-order valence-electron chi connectivity index (χ1n) is 7.97. The molecule has 0 bridgehead atoms. The van der Waals surface area contributed by atoms with Crippen molar-refractivity contribution in [1.82, 2.24) is 9.88 Å². The van der Waals surface area contributed by atoms with Crippen molar-refractivity contribution < 1.29 is 13.6 Å². The number of nitrogens with zero attached hydrogens (tertiary/aromatic N) is 3. The number of thiazole rings is 1. The molecule has 2 heterocycles. The van der Waals surface area contributed by atoms with E-state index in [0.29, 0.717) is 31.7 Å². The number of amides is 1. The normalized spacial score (nSPS) is 15.0. The Morgan fingerprint density at radius 2 is 1.68 bits per heavy atom. The molecule has 2 aromatic carbocycles. The van der Waals surface area contributed by atoms with Crippen LogP contribution in [0.25, 0.3) is 10.2 Å². The van der Waals surface area contributed by atoms with E-state index in [0.717, 1.165) is 9.83 Å². The number of hydrogen-bond acceptors (Lipinski definition) is 4. The summed E-state index contributed by atoms with van der Waals surface area (Å²) in [6.07, 6.45) is 0. The molecular formula is C18H15F2N3OS. The molecule has 0 aliphatic carbocycles. The monoisotopic (exact) mass is 359 g/mol. The van der Waals surface area contributed by atoms with Gasteiger partial charge in [-0.1, -0.05) is 29.5 Å². The molecule has 3 aromatic rings. The minimum atomic E-state index is -0.503. The molecule has 7 heteroatoms. The van der Waals surface area contributed by atoms with Crippen LogP contribution in [0.5, 0.6) is 0 Å². The Kier molecular flexibility index (Phi) is 4.09. The van der Waals surface area contributed by atoms with E-state index in [2.05, 4.69) is 4.98 Å². The first-order chi connectivity index (χ1) is 12.1. The molecule has 0 N–H and O–H groups in total. The van der Waals surface area contributed by atoms with Gasteiger partial charge in [-0.15, -0.1) is 0 Å². The highest BCUT2D eigenvalue weighted by molar-refractivity contribution is 7.22. The molecule has 1 aromatic heterocycles. The van der Waals surface area contributed by atoms with Crippen LogP contribution in [0.15, 0.2) is 42.5 Å². The predicted octanol–water partition coefficient (Wildman–Crippen LogP) is 3.54. The molecule has 128 valence electrons. The van der Waals surface area contributed by atoms with Crippen LogP contribution in [-0.4, -0.2) is 42.0 Å². The number of aromatic nitrogens is 1. The fraction of sp³-hybridized carbons (Fsp3) is 0.222. The second-order valence-corrected chi connectivity index (χ2v) is 6.85. The third-order valence-electron chi connectivity index (χ3n) is 4.30. The number of hydrogen-bond donors (Lipinski definition) is 0. The Balaban J connectivity index is 1.48. The van der Waals surface area contributed by atoms with E-state index in [-0.39, 0.29) is 17.3 Å². The van der Waals surface area contributed by atoms with E-state index in [1.54, 1.807) is 23.1 Å². The standard InChI is InChI=1S/C18H15F2N3OS/c19-13-5-2-1-4-12(13)17(24)22-8-10-23(11-9-22)18-21-16-14(20)6-3-7-15(16)25-18/h1-7H,8-11H2. The quantitative estimate of drug-likeness (QED) is 0.702. The summed E-state index contributed by atoms with van der Waals surface area (Å²) in [5.74, 6) is -1.13. The first-order valence-corrected chi connectivity index (χ1v) is 8.79. The zero-order chi connectivity index (χ0) is 17.4. The lowest BCUT2D eigenvalue weighted by atomic mass is 10.1. The lowest BCUT2D eigenvalue weighted by Crippen LogP contribution is -2.49. The van der Waals surface area contributed by atoms with Crippen molar-refractivity contribution in [2.24, 2.45) is 0 Å². The third-order valence-corrected chi connectivity index (χ3v) is 5.38. The summed E-state index contributed by atoms with van der Waals surface area (Å²) in [4.78, 5) is 20.5. The minimum absolute atomic E-state index is 0.0954. The number of carbonyl (C=O) groups is 1. The molecule has 25 heavy (non-hydrogen) atoms. The largest absolute Gasteiger partial charge is 0.345 e. The van der Waals surface area contributed by atoms with Crippen LogP contribution in [0.3, 0.4) is 0 Å². The third kappa shape index (κ3) is 2.95. The summed E-state index contributed by atoms with van der Waals surface area (Å²) in [6.45, 7) is 2.13. The van der Waals surface area contributed by atoms with Crippen LogP contribution in [0.2, 0.25) is 0 Å². The van der Waals surface area contributed by atoms with Gasteiger partial charge >= 0.3 is 0 Å². The van der Waals surface area contributed by atoms with Gasteiger partial charge < -0.3 is 9.80 Å². The van der Waals surface area contributed by atoms with E-state index >= 15 is 0 Å². The minimum Gasteiger partial charge on any atom is -0.345 e. The van der Waals surface area contributed by atoms with Gasteiger partial charge in [-0.25, -0.2) is 13.8 Å². The van der Waals surface area contributed by atoms with Gasteiger partial charge in [0.2, 0.25) is 0 Å². The highest BCUT2D eigenvalue weighted by atomic mass is 32.1. The Bertz CT molecular complexity index is 935. The Morgan fingerprint density at radius 1 is 0.960 bits per heavy atom. The summed E-state index contributed by atoms with van der Waals surface area (Å²) in [5.41, 5.74) is 0.477. The Hall–Kier alpha value is -2.54. The molecule has 1 fully saturated rings. The van der Waals surface area contributed by atoms with Crippen molar-refractivity contribution in [3.63, 3.8) is 0 Å². The number of benzene rings is 2. The fourth-order valence-electron chi connectivity index (χ4n) is 2.94. The number of rotatable bonds is 2. The average molecular weight is 359 g/mol. The van der Waals surface area contributed by atoms with Gasteiger partial charge in [-0.05, 0) is 24.3 Å². The van der Waals surface area contributed by atoms with Gasteiger partial charge in [0.15, 0.2) is 5.13 Å². The maximum Gasteiger partial charge on any atom is 0.256 e. The van der Waals surface area contributed by atoms with E-state index in [1.165, 1.54) is 29.5 Å². The SMILES string of the molecule is O=C(c1ccccc1F)N1CCN(c2nc3c(F)cccc3s2)CC1. The van der Waals surface area contributed by atoms with Gasteiger partial charge in [-0.3, -0.25) is 4.79 Å². The molecule has 0 spiro atoms. The Labute approximate surface area is 147 Å². The van der Waals surface area contributed by atoms with E-state index in [4.69, 9.17) is 0 Å². The smallest absolute Gasteiger partial charge is 0.256 e. The lowest BCUT2D eigenvalue weighted by molar-refractivity contribution is 0.0742. The molecule has 1 saturated heterocycles. The summed E-state index contributed by atoms with van der Waals surface area (Å²) >= 11 is 1.44. The lowest BCUT2D eigenvalue weighted by Gasteiger charge is -2.34. The molecule has 4 nitrogen and oxygen atoms in total. The van der Waals surface area contributed by atoms with Gasteiger partial charge in [-0.2, -0.15) is 0 Å². The van der Waals surface area contributed by atoms with Gasteiger partial charge in [0.1, 0.15) is 17.2 Å². The molecule has 0 unspecified atom stereocenters. The number of anilines is 1. The summed E-state index contributed by atoms with van der Waals surface area (Å²) < 4.78 is 28.4. The molecule has 4 rings (SSSR count). The first kappa shape index (κ1) is 16.0. The average Bonchev–Trinajstić information content (AvgIpc) is 3.07. The number of halogens is 2. The van der Waals surface area contributed by atoms with Gasteiger partial charge in [0, 0.05) is 26.2 Å². The fourth-order valence-corrected chi connectivity index (χ4v) is 3.98. The molecule has 1 aliphatic rings. The van der Waals surface area contributed by atoms with Gasteiger partial charge in [0.25, 0.3) is 5.91 Å². The van der Waals surface area contributed by atoms with Crippen LogP contribution in [0.4, 0.5) is 13.9 Å². The second kappa shape index (κ2) is 6.40. The van der Waals surface area contributed by atoms with Crippen molar-refractivity contribution in [2.75, 3.05) is 31.1 Å². The van der Waals surface area contributed by atoms with Gasteiger partial charge in [0.05, 0.1) is 10.3 Å². The second-order valence-electron chi connectivity index (χ2n) is 5.84. The van der Waals surface area contributed by atoms with Crippen LogP contribution in [-0.2, 0) is 0 Å². The van der Waals surface area contributed by atoms with E-state index < -0.39 is 5.82 Å². The molecule has 1 amide bonds. The maximum atomic E-state index is 13.8. The number of carbonyl (C=O) groups excluding carboxylic acids is 1. The molecule has 0 saturated carbocycles. The zero-order valence-corrected chi connectivity index (χ0v) is 14.1. The Morgan fingerprint density at radius 3 is 2.40 bits per heavy atom. The number of piperazine rings is 1. The van der Waals surface area contributed by atoms with Crippen molar-refractivity contribution in [3.8, 4) is 0 Å². The highest BCUT2D eigenvalue weighted by Gasteiger charge is 2.25. The summed E-state index contributed by atoms with van der Waals surface area (Å²) in [7, 11) is 0. The zero-order valence-electron chi connectivity index (χ0n) is 13.3. The number of para-hydroxylation sites is 1. The molecule has 0 atom stereocenters.